The number of methoxy groups -OCH3 is 1. The van der Waals surface area contributed by atoms with Crippen LogP contribution in [0.4, 0.5) is 10.1 Å². The lowest BCUT2D eigenvalue weighted by molar-refractivity contribution is -0.115. The number of hydrogen-bond donors (Lipinski definition) is 1. The summed E-state index contributed by atoms with van der Waals surface area (Å²) in [5.41, 5.74) is 2.32. The van der Waals surface area contributed by atoms with Gasteiger partial charge in [0.05, 0.1) is 22.9 Å². The number of hydrogen-bond acceptors (Lipinski definition) is 4. The lowest BCUT2D eigenvalue weighted by atomic mass is 10.3. The molecule has 1 heterocycles. The molecule has 0 aliphatic carbocycles. The van der Waals surface area contributed by atoms with Gasteiger partial charge in [-0.05, 0) is 37.3 Å². The van der Waals surface area contributed by atoms with E-state index < -0.39 is 5.25 Å². The predicted molar refractivity (Wildman–Crippen MR) is 102 cm³/mol. The molecule has 0 radical (unpaired) electrons. The molecule has 0 bridgehead atoms. The van der Waals surface area contributed by atoms with Gasteiger partial charge in [-0.1, -0.05) is 30.0 Å². The van der Waals surface area contributed by atoms with E-state index in [4.69, 9.17) is 4.74 Å². The summed E-state index contributed by atoms with van der Waals surface area (Å²) in [7, 11) is 1.65. The number of rotatable bonds is 7. The smallest absolute Gasteiger partial charge is 0.237 e. The first kappa shape index (κ1) is 18.4. The van der Waals surface area contributed by atoms with Crippen molar-refractivity contribution in [2.45, 2.75) is 23.9 Å². The minimum Gasteiger partial charge on any atom is -0.383 e. The number of imidazole rings is 1. The van der Waals surface area contributed by atoms with Gasteiger partial charge in [-0.15, -0.1) is 0 Å². The van der Waals surface area contributed by atoms with E-state index in [-0.39, 0.29) is 11.7 Å². The number of halogens is 1. The van der Waals surface area contributed by atoms with E-state index in [0.717, 1.165) is 16.2 Å². The summed E-state index contributed by atoms with van der Waals surface area (Å²) >= 11 is 1.37. The molecular weight excluding hydrogens is 353 g/mol. The maximum Gasteiger partial charge on any atom is 0.237 e. The Bertz CT molecular complexity index is 913. The third kappa shape index (κ3) is 4.23. The average Bonchev–Trinajstić information content (AvgIpc) is 2.97. The molecular formula is C19H20FN3O2S. The van der Waals surface area contributed by atoms with Gasteiger partial charge in [-0.2, -0.15) is 0 Å². The van der Waals surface area contributed by atoms with Crippen molar-refractivity contribution in [1.82, 2.24) is 9.55 Å². The van der Waals surface area contributed by atoms with E-state index in [0.29, 0.717) is 18.8 Å². The third-order valence-corrected chi connectivity index (χ3v) is 4.97. The second-order valence-electron chi connectivity index (χ2n) is 5.79. The number of benzene rings is 2. The highest BCUT2D eigenvalue weighted by molar-refractivity contribution is 8.00. The monoisotopic (exact) mass is 373 g/mol. The van der Waals surface area contributed by atoms with Crippen LogP contribution in [0.2, 0.25) is 0 Å². The molecule has 0 saturated carbocycles. The maximum atomic E-state index is 13.3. The van der Waals surface area contributed by atoms with Crippen LogP contribution in [0, 0.1) is 5.82 Å². The molecule has 0 aliphatic heterocycles. The van der Waals surface area contributed by atoms with Crippen LogP contribution in [0.15, 0.2) is 53.7 Å². The first-order valence-corrected chi connectivity index (χ1v) is 9.13. The summed E-state index contributed by atoms with van der Waals surface area (Å²) in [5.74, 6) is -0.588. The molecule has 1 amide bonds. The van der Waals surface area contributed by atoms with Crippen LogP contribution in [0.25, 0.3) is 11.0 Å². The van der Waals surface area contributed by atoms with E-state index in [1.165, 1.54) is 23.9 Å². The van der Waals surface area contributed by atoms with E-state index in [1.807, 2.05) is 24.3 Å². The summed E-state index contributed by atoms with van der Waals surface area (Å²) in [5, 5.41) is 3.10. The summed E-state index contributed by atoms with van der Waals surface area (Å²) in [4.78, 5) is 17.1. The molecule has 1 aromatic heterocycles. The second kappa shape index (κ2) is 8.33. The zero-order valence-electron chi connectivity index (χ0n) is 14.6. The molecule has 0 saturated heterocycles. The normalized spacial score (nSPS) is 12.3. The highest BCUT2D eigenvalue weighted by Crippen LogP contribution is 2.28. The number of amides is 1. The SMILES string of the molecule is COCCn1c(SC(C)C(=O)Nc2cccc(F)c2)nc2ccccc21. The highest BCUT2D eigenvalue weighted by Gasteiger charge is 2.19. The van der Waals surface area contributed by atoms with Crippen molar-refractivity contribution in [3.05, 3.63) is 54.3 Å². The quantitative estimate of drug-likeness (QED) is 0.638. The van der Waals surface area contributed by atoms with Crippen molar-refractivity contribution in [1.29, 1.82) is 0 Å². The minimum atomic E-state index is -0.392. The van der Waals surface area contributed by atoms with Crippen molar-refractivity contribution >= 4 is 34.4 Å². The molecule has 1 atom stereocenters. The molecule has 0 fully saturated rings. The fraction of sp³-hybridized carbons (Fsp3) is 0.263. The molecule has 3 rings (SSSR count). The van der Waals surface area contributed by atoms with E-state index in [2.05, 4.69) is 14.9 Å². The Labute approximate surface area is 155 Å². The largest absolute Gasteiger partial charge is 0.383 e. The molecule has 1 N–H and O–H groups in total. The van der Waals surface area contributed by atoms with Crippen LogP contribution in [-0.2, 0) is 16.1 Å². The van der Waals surface area contributed by atoms with Crippen LogP contribution < -0.4 is 5.32 Å². The van der Waals surface area contributed by atoms with Crippen molar-refractivity contribution in [3.63, 3.8) is 0 Å². The number of aromatic nitrogens is 2. The van der Waals surface area contributed by atoms with E-state index >= 15 is 0 Å². The van der Waals surface area contributed by atoms with Crippen LogP contribution >= 0.6 is 11.8 Å². The number of ether oxygens (including phenoxy) is 1. The number of carbonyl (C=O) groups is 1. The Balaban J connectivity index is 1.77. The molecule has 136 valence electrons. The van der Waals surface area contributed by atoms with Gasteiger partial charge in [0.15, 0.2) is 5.16 Å². The van der Waals surface area contributed by atoms with E-state index in [1.54, 1.807) is 26.2 Å². The third-order valence-electron chi connectivity index (χ3n) is 3.88. The van der Waals surface area contributed by atoms with Crippen LogP contribution in [-0.4, -0.2) is 34.4 Å². The number of thioether (sulfide) groups is 1. The maximum absolute atomic E-state index is 13.3. The lowest BCUT2D eigenvalue weighted by Gasteiger charge is -2.13. The van der Waals surface area contributed by atoms with Crippen LogP contribution in [0.3, 0.4) is 0 Å². The summed E-state index contributed by atoms with van der Waals surface area (Å²) < 4.78 is 20.5. The fourth-order valence-electron chi connectivity index (χ4n) is 2.56. The minimum absolute atomic E-state index is 0.203. The zero-order valence-corrected chi connectivity index (χ0v) is 15.4. The van der Waals surface area contributed by atoms with Gasteiger partial charge in [0.25, 0.3) is 0 Å². The van der Waals surface area contributed by atoms with Crippen molar-refractivity contribution in [2.24, 2.45) is 0 Å². The molecule has 7 heteroatoms. The van der Waals surface area contributed by atoms with Gasteiger partial charge in [-0.25, -0.2) is 9.37 Å². The number of nitrogens with zero attached hydrogens (tertiary/aromatic N) is 2. The topological polar surface area (TPSA) is 56.1 Å². The second-order valence-corrected chi connectivity index (χ2v) is 7.10. The Morgan fingerprint density at radius 1 is 1.31 bits per heavy atom. The Kier molecular flexibility index (Phi) is 5.90. The molecule has 26 heavy (non-hydrogen) atoms. The van der Waals surface area contributed by atoms with Crippen LogP contribution in [0.5, 0.6) is 0 Å². The lowest BCUT2D eigenvalue weighted by Crippen LogP contribution is -2.23. The highest BCUT2D eigenvalue weighted by atomic mass is 32.2. The average molecular weight is 373 g/mol. The molecule has 2 aromatic carbocycles. The van der Waals surface area contributed by atoms with Gasteiger partial charge >= 0.3 is 0 Å². The molecule has 3 aromatic rings. The number of fused-ring (bicyclic) bond motifs is 1. The van der Waals surface area contributed by atoms with Crippen molar-refractivity contribution in [3.8, 4) is 0 Å². The zero-order chi connectivity index (χ0) is 18.5. The van der Waals surface area contributed by atoms with E-state index in [9.17, 15) is 9.18 Å². The summed E-state index contributed by atoms with van der Waals surface area (Å²) in [6.07, 6.45) is 0. The summed E-state index contributed by atoms with van der Waals surface area (Å²) in [6, 6.07) is 13.7. The van der Waals surface area contributed by atoms with Crippen molar-refractivity contribution < 1.29 is 13.9 Å². The predicted octanol–water partition coefficient (Wildman–Crippen LogP) is 3.94. The number of anilines is 1. The molecule has 0 spiro atoms. The van der Waals surface area contributed by atoms with Crippen LogP contribution in [0.1, 0.15) is 6.92 Å². The Morgan fingerprint density at radius 2 is 2.12 bits per heavy atom. The first-order valence-electron chi connectivity index (χ1n) is 8.26. The standard InChI is InChI=1S/C19H20FN3O2S/c1-13(18(24)21-15-7-5-6-14(20)12-15)26-19-22-16-8-3-4-9-17(16)23(19)10-11-25-2/h3-9,12-13H,10-11H2,1-2H3,(H,21,24). The molecule has 1 unspecified atom stereocenters. The fourth-order valence-corrected chi connectivity index (χ4v) is 3.51. The van der Waals surface area contributed by atoms with Gasteiger partial charge in [0.2, 0.25) is 5.91 Å². The van der Waals surface area contributed by atoms with Gasteiger partial charge in [0, 0.05) is 19.3 Å². The van der Waals surface area contributed by atoms with Crippen molar-refractivity contribution in [2.75, 3.05) is 19.0 Å². The van der Waals surface area contributed by atoms with Gasteiger partial charge < -0.3 is 14.6 Å². The number of carbonyl (C=O) groups excluding carboxylic acids is 1. The molecule has 0 aliphatic rings. The number of para-hydroxylation sites is 2. The first-order chi connectivity index (χ1) is 12.6. The Morgan fingerprint density at radius 3 is 2.88 bits per heavy atom. The Hall–Kier alpha value is -2.38. The summed E-state index contributed by atoms with van der Waals surface area (Å²) in [6.45, 7) is 3.01. The molecule has 5 nitrogen and oxygen atoms in total. The van der Waals surface area contributed by atoms with Gasteiger partial charge in [-0.3, -0.25) is 4.79 Å². The van der Waals surface area contributed by atoms with Gasteiger partial charge in [0.1, 0.15) is 5.82 Å². The number of nitrogens with one attached hydrogen (secondary N) is 1.